The van der Waals surface area contributed by atoms with Gasteiger partial charge in [-0.2, -0.15) is 11.8 Å². The SMILES string of the molecule is CCOP(=O)(OCC)SCCCSCC. The Morgan fingerprint density at radius 2 is 1.67 bits per heavy atom. The third kappa shape index (κ3) is 8.64. The molecule has 0 spiro atoms. The minimum Gasteiger partial charge on any atom is -0.301 e. The first-order valence-corrected chi connectivity index (χ1v) is 9.58. The Balaban J connectivity index is 3.71. The fourth-order valence-electron chi connectivity index (χ4n) is 0.910. The number of thioether (sulfide) groups is 1. The van der Waals surface area contributed by atoms with Gasteiger partial charge in [0.2, 0.25) is 0 Å². The van der Waals surface area contributed by atoms with Gasteiger partial charge < -0.3 is 9.05 Å². The van der Waals surface area contributed by atoms with Crippen LogP contribution in [0.2, 0.25) is 0 Å². The van der Waals surface area contributed by atoms with E-state index in [2.05, 4.69) is 6.92 Å². The molecule has 0 atom stereocenters. The van der Waals surface area contributed by atoms with Crippen molar-refractivity contribution in [1.82, 2.24) is 0 Å². The van der Waals surface area contributed by atoms with Crippen molar-refractivity contribution in [2.45, 2.75) is 27.2 Å². The standard InChI is InChI=1S/C9H21O3PS2/c1-4-11-13(10,12-5-2)15-9-7-8-14-6-3/h4-9H2,1-3H3. The Kier molecular flexibility index (Phi) is 10.6. The Morgan fingerprint density at radius 3 is 2.13 bits per heavy atom. The first-order chi connectivity index (χ1) is 7.18. The minimum atomic E-state index is -2.86. The molecule has 0 radical (unpaired) electrons. The summed E-state index contributed by atoms with van der Waals surface area (Å²) < 4.78 is 22.3. The van der Waals surface area contributed by atoms with E-state index in [4.69, 9.17) is 9.05 Å². The first-order valence-electron chi connectivity index (χ1n) is 5.29. The molecule has 0 aromatic heterocycles. The molecule has 0 amide bonds. The molecule has 92 valence electrons. The van der Waals surface area contributed by atoms with E-state index in [-0.39, 0.29) is 0 Å². The van der Waals surface area contributed by atoms with Gasteiger partial charge in [0.1, 0.15) is 0 Å². The lowest BCUT2D eigenvalue weighted by molar-refractivity contribution is 0.237. The van der Waals surface area contributed by atoms with Crippen molar-refractivity contribution in [3.05, 3.63) is 0 Å². The summed E-state index contributed by atoms with van der Waals surface area (Å²) in [4.78, 5) is 0. The zero-order valence-electron chi connectivity index (χ0n) is 9.73. The van der Waals surface area contributed by atoms with Gasteiger partial charge in [0.05, 0.1) is 13.2 Å². The van der Waals surface area contributed by atoms with Crippen LogP contribution in [0.1, 0.15) is 27.2 Å². The highest BCUT2D eigenvalue weighted by atomic mass is 32.7. The maximum Gasteiger partial charge on any atom is 0.389 e. The van der Waals surface area contributed by atoms with E-state index in [9.17, 15) is 4.57 Å². The van der Waals surface area contributed by atoms with Crippen LogP contribution in [0.3, 0.4) is 0 Å². The molecule has 0 unspecified atom stereocenters. The average Bonchev–Trinajstić information content (AvgIpc) is 2.18. The van der Waals surface area contributed by atoms with Crippen molar-refractivity contribution in [2.24, 2.45) is 0 Å². The van der Waals surface area contributed by atoms with Gasteiger partial charge in [0.15, 0.2) is 0 Å². The Labute approximate surface area is 101 Å². The molecule has 0 aromatic rings. The van der Waals surface area contributed by atoms with Gasteiger partial charge in [0, 0.05) is 5.75 Å². The van der Waals surface area contributed by atoms with E-state index in [0.29, 0.717) is 13.2 Å². The molecule has 0 aliphatic heterocycles. The van der Waals surface area contributed by atoms with Crippen LogP contribution in [-0.4, -0.2) is 30.5 Å². The lowest BCUT2D eigenvalue weighted by Gasteiger charge is -2.15. The topological polar surface area (TPSA) is 35.5 Å². The maximum atomic E-state index is 12.0. The summed E-state index contributed by atoms with van der Waals surface area (Å²) in [6.07, 6.45) is 1.05. The second kappa shape index (κ2) is 10.0. The highest BCUT2D eigenvalue weighted by molar-refractivity contribution is 8.55. The average molecular weight is 272 g/mol. The molecule has 0 aliphatic carbocycles. The van der Waals surface area contributed by atoms with Crippen molar-refractivity contribution in [1.29, 1.82) is 0 Å². The Morgan fingerprint density at radius 1 is 1.07 bits per heavy atom. The van der Waals surface area contributed by atoms with E-state index in [1.807, 2.05) is 25.6 Å². The molecule has 0 aliphatic rings. The molecule has 0 heterocycles. The van der Waals surface area contributed by atoms with Crippen LogP contribution < -0.4 is 0 Å². The molecule has 0 fully saturated rings. The molecule has 0 saturated heterocycles. The van der Waals surface area contributed by atoms with Crippen molar-refractivity contribution in [2.75, 3.05) is 30.5 Å². The van der Waals surface area contributed by atoms with Gasteiger partial charge in [-0.25, -0.2) is 4.57 Å². The summed E-state index contributed by atoms with van der Waals surface area (Å²) in [7, 11) is 0. The molecule has 0 N–H and O–H groups in total. The number of hydrogen-bond donors (Lipinski definition) is 0. The molecule has 0 saturated carbocycles. The smallest absolute Gasteiger partial charge is 0.301 e. The van der Waals surface area contributed by atoms with Gasteiger partial charge in [-0.15, -0.1) is 0 Å². The van der Waals surface area contributed by atoms with Gasteiger partial charge >= 0.3 is 6.80 Å². The molecule has 15 heavy (non-hydrogen) atoms. The Hall–Kier alpha value is 0.850. The molecule has 3 nitrogen and oxygen atoms in total. The zero-order chi connectivity index (χ0) is 11.6. The highest BCUT2D eigenvalue weighted by Crippen LogP contribution is 2.60. The van der Waals surface area contributed by atoms with Crippen LogP contribution in [-0.2, 0) is 13.6 Å². The Bertz CT molecular complexity index is 180. The van der Waals surface area contributed by atoms with Crippen LogP contribution in [0.15, 0.2) is 0 Å². The predicted molar refractivity (Wildman–Crippen MR) is 70.9 cm³/mol. The maximum absolute atomic E-state index is 12.0. The first kappa shape index (κ1) is 15.9. The fraction of sp³-hybridized carbons (Fsp3) is 1.00. The summed E-state index contributed by atoms with van der Waals surface area (Å²) in [6.45, 7) is 3.82. The summed E-state index contributed by atoms with van der Waals surface area (Å²) in [5.41, 5.74) is 0. The van der Waals surface area contributed by atoms with Crippen LogP contribution in [0.4, 0.5) is 0 Å². The third-order valence-electron chi connectivity index (χ3n) is 1.46. The van der Waals surface area contributed by atoms with Crippen LogP contribution in [0.5, 0.6) is 0 Å². The molecule has 0 rings (SSSR count). The van der Waals surface area contributed by atoms with Crippen LogP contribution in [0.25, 0.3) is 0 Å². The van der Waals surface area contributed by atoms with E-state index in [0.717, 1.165) is 23.7 Å². The summed E-state index contributed by atoms with van der Waals surface area (Å²) >= 11 is 3.22. The monoisotopic (exact) mass is 272 g/mol. The molecular weight excluding hydrogens is 251 g/mol. The normalized spacial score (nSPS) is 11.9. The van der Waals surface area contributed by atoms with Crippen LogP contribution in [0, 0.1) is 0 Å². The highest BCUT2D eigenvalue weighted by Gasteiger charge is 2.23. The van der Waals surface area contributed by atoms with Gasteiger partial charge in [-0.1, -0.05) is 6.92 Å². The molecule has 0 bridgehead atoms. The fourth-order valence-corrected chi connectivity index (χ4v) is 5.22. The quantitative estimate of drug-likeness (QED) is 0.443. The van der Waals surface area contributed by atoms with Crippen molar-refractivity contribution < 1.29 is 13.6 Å². The van der Waals surface area contributed by atoms with Crippen molar-refractivity contribution in [3.63, 3.8) is 0 Å². The lowest BCUT2D eigenvalue weighted by Crippen LogP contribution is -1.94. The number of rotatable bonds is 10. The largest absolute Gasteiger partial charge is 0.389 e. The summed E-state index contributed by atoms with van der Waals surface area (Å²) in [5, 5.41) is 0. The van der Waals surface area contributed by atoms with Gasteiger partial charge in [-0.05, 0) is 43.2 Å². The summed E-state index contributed by atoms with van der Waals surface area (Å²) in [5.74, 6) is 3.09. The van der Waals surface area contributed by atoms with Crippen LogP contribution >= 0.6 is 29.9 Å². The van der Waals surface area contributed by atoms with Crippen molar-refractivity contribution in [3.8, 4) is 0 Å². The predicted octanol–water partition coefficient (Wildman–Crippen LogP) is 4.04. The molecule has 0 aromatic carbocycles. The summed E-state index contributed by atoms with van der Waals surface area (Å²) in [6, 6.07) is 0. The van der Waals surface area contributed by atoms with Gasteiger partial charge in [-0.3, -0.25) is 0 Å². The van der Waals surface area contributed by atoms with E-state index in [1.165, 1.54) is 11.4 Å². The zero-order valence-corrected chi connectivity index (χ0v) is 12.3. The van der Waals surface area contributed by atoms with Crippen molar-refractivity contribution >= 4 is 29.9 Å². The van der Waals surface area contributed by atoms with E-state index >= 15 is 0 Å². The van der Waals surface area contributed by atoms with Gasteiger partial charge in [0.25, 0.3) is 0 Å². The second-order valence-electron chi connectivity index (χ2n) is 2.67. The second-order valence-corrected chi connectivity index (χ2v) is 8.25. The molecular formula is C9H21O3PS2. The van der Waals surface area contributed by atoms with E-state index < -0.39 is 6.80 Å². The minimum absolute atomic E-state index is 0.438. The van der Waals surface area contributed by atoms with E-state index in [1.54, 1.807) is 0 Å². The molecule has 6 heteroatoms. The third-order valence-corrected chi connectivity index (χ3v) is 6.51. The lowest BCUT2D eigenvalue weighted by atomic mass is 10.6. The number of hydrogen-bond acceptors (Lipinski definition) is 5.